The summed E-state index contributed by atoms with van der Waals surface area (Å²) in [6, 6.07) is 0.585. The van der Waals surface area contributed by atoms with Gasteiger partial charge in [-0.1, -0.05) is 20.3 Å². The van der Waals surface area contributed by atoms with Crippen LogP contribution in [0.1, 0.15) is 33.1 Å². The molecule has 2 fully saturated rings. The van der Waals surface area contributed by atoms with Crippen LogP contribution in [0.25, 0.3) is 0 Å². The average Bonchev–Trinajstić information content (AvgIpc) is 2.96. The van der Waals surface area contributed by atoms with Crippen molar-refractivity contribution in [1.29, 1.82) is 0 Å². The van der Waals surface area contributed by atoms with Crippen LogP contribution in [0.3, 0.4) is 0 Å². The number of ether oxygens (including phenoxy) is 1. The van der Waals surface area contributed by atoms with E-state index in [2.05, 4.69) is 34.0 Å². The molecule has 0 bridgehead atoms. The van der Waals surface area contributed by atoms with Crippen LogP contribution in [-0.2, 0) is 9.53 Å². The molecule has 1 N–H and O–H groups in total. The Balaban J connectivity index is 0.00000288. The fraction of sp³-hybridized carbons (Fsp3) is 0.882. The van der Waals surface area contributed by atoms with E-state index in [1.807, 2.05) is 7.05 Å². The Morgan fingerprint density at radius 1 is 1.33 bits per heavy atom. The molecule has 0 radical (unpaired) electrons. The number of halogens is 1. The summed E-state index contributed by atoms with van der Waals surface area (Å²) in [5.74, 6) is 1.04. The smallest absolute Gasteiger partial charge is 0.310 e. The standard InChI is InChI=1S/C17H32N4O2.HI/c1-5-20-9-7-6-8-14(20)10-19-17(18-3)21-11-13(2)15(12-21)16(22)23-4;/h13-15H,5-12H2,1-4H3,(H,18,19);1H. The van der Waals surface area contributed by atoms with Gasteiger partial charge in [0.15, 0.2) is 5.96 Å². The minimum absolute atomic E-state index is 0. The molecule has 2 heterocycles. The maximum absolute atomic E-state index is 11.9. The molecule has 0 aromatic rings. The van der Waals surface area contributed by atoms with E-state index in [0.717, 1.165) is 25.6 Å². The molecule has 2 aliphatic rings. The van der Waals surface area contributed by atoms with Crippen molar-refractivity contribution >= 4 is 35.9 Å². The van der Waals surface area contributed by atoms with Gasteiger partial charge in [-0.3, -0.25) is 14.7 Å². The third-order valence-corrected chi connectivity index (χ3v) is 5.28. The number of likely N-dealkylation sites (N-methyl/N-ethyl adjacent to an activating group) is 1. The molecule has 2 rings (SSSR count). The highest BCUT2D eigenvalue weighted by atomic mass is 127. The van der Waals surface area contributed by atoms with Crippen LogP contribution in [0.4, 0.5) is 0 Å². The Labute approximate surface area is 163 Å². The molecule has 0 spiro atoms. The van der Waals surface area contributed by atoms with Gasteiger partial charge in [0.1, 0.15) is 0 Å². The summed E-state index contributed by atoms with van der Waals surface area (Å²) in [6.45, 7) is 9.11. The van der Waals surface area contributed by atoms with Crippen LogP contribution in [0.5, 0.6) is 0 Å². The number of guanidine groups is 1. The summed E-state index contributed by atoms with van der Waals surface area (Å²) in [5.41, 5.74) is 0. The molecular formula is C17H33IN4O2. The van der Waals surface area contributed by atoms with Gasteiger partial charge in [-0.05, 0) is 31.8 Å². The predicted molar refractivity (Wildman–Crippen MR) is 108 cm³/mol. The quantitative estimate of drug-likeness (QED) is 0.305. The molecule has 0 aromatic carbocycles. The molecule has 7 heteroatoms. The summed E-state index contributed by atoms with van der Waals surface area (Å²) >= 11 is 0. The summed E-state index contributed by atoms with van der Waals surface area (Å²) in [7, 11) is 3.28. The Bertz CT molecular complexity index is 433. The van der Waals surface area contributed by atoms with Crippen LogP contribution in [-0.4, -0.2) is 74.7 Å². The number of piperidine rings is 1. The number of likely N-dealkylation sites (tertiary alicyclic amines) is 2. The number of esters is 1. The summed E-state index contributed by atoms with van der Waals surface area (Å²) in [6.07, 6.45) is 3.87. The van der Waals surface area contributed by atoms with Gasteiger partial charge in [0, 0.05) is 32.7 Å². The van der Waals surface area contributed by atoms with Gasteiger partial charge in [-0.25, -0.2) is 0 Å². The van der Waals surface area contributed by atoms with Crippen molar-refractivity contribution in [1.82, 2.24) is 15.1 Å². The van der Waals surface area contributed by atoms with Crippen LogP contribution in [0, 0.1) is 11.8 Å². The van der Waals surface area contributed by atoms with Crippen molar-refractivity contribution in [3.8, 4) is 0 Å². The Morgan fingerprint density at radius 2 is 2.08 bits per heavy atom. The maximum Gasteiger partial charge on any atom is 0.310 e. The van der Waals surface area contributed by atoms with Gasteiger partial charge in [-0.15, -0.1) is 24.0 Å². The summed E-state index contributed by atoms with van der Waals surface area (Å²) in [5, 5.41) is 3.53. The zero-order chi connectivity index (χ0) is 16.8. The largest absolute Gasteiger partial charge is 0.469 e. The zero-order valence-corrected chi connectivity index (χ0v) is 17.8. The summed E-state index contributed by atoms with van der Waals surface area (Å²) < 4.78 is 4.92. The first-order chi connectivity index (χ1) is 11.1. The fourth-order valence-electron chi connectivity index (χ4n) is 3.85. The van der Waals surface area contributed by atoms with Gasteiger partial charge in [-0.2, -0.15) is 0 Å². The van der Waals surface area contributed by atoms with Gasteiger partial charge < -0.3 is 15.0 Å². The first-order valence-corrected chi connectivity index (χ1v) is 8.88. The molecule has 0 aliphatic carbocycles. The van der Waals surface area contributed by atoms with E-state index in [1.165, 1.54) is 32.9 Å². The second-order valence-corrected chi connectivity index (χ2v) is 6.72. The number of hydrogen-bond acceptors (Lipinski definition) is 4. The minimum Gasteiger partial charge on any atom is -0.469 e. The fourth-order valence-corrected chi connectivity index (χ4v) is 3.85. The highest BCUT2D eigenvalue weighted by Gasteiger charge is 2.37. The molecule has 3 atom stereocenters. The first-order valence-electron chi connectivity index (χ1n) is 8.88. The van der Waals surface area contributed by atoms with Gasteiger partial charge in [0.25, 0.3) is 0 Å². The lowest BCUT2D eigenvalue weighted by Crippen LogP contribution is -2.49. The zero-order valence-electron chi connectivity index (χ0n) is 15.5. The topological polar surface area (TPSA) is 57.2 Å². The normalized spacial score (nSPS) is 28.4. The molecule has 0 amide bonds. The number of carbonyl (C=O) groups excluding carboxylic acids is 1. The molecule has 24 heavy (non-hydrogen) atoms. The highest BCUT2D eigenvalue weighted by molar-refractivity contribution is 14.0. The molecule has 0 aromatic heterocycles. The van der Waals surface area contributed by atoms with Gasteiger partial charge in [0.2, 0.25) is 0 Å². The molecule has 2 aliphatic heterocycles. The molecular weight excluding hydrogens is 419 g/mol. The van der Waals surface area contributed by atoms with Crippen LogP contribution >= 0.6 is 24.0 Å². The Morgan fingerprint density at radius 3 is 2.71 bits per heavy atom. The molecule has 6 nitrogen and oxygen atoms in total. The number of rotatable bonds is 4. The Hall–Kier alpha value is -0.570. The lowest BCUT2D eigenvalue weighted by atomic mass is 9.99. The SMILES string of the molecule is CCN1CCCCC1CNC(=NC)N1CC(C)C(C(=O)OC)C1.I. The monoisotopic (exact) mass is 452 g/mol. The summed E-state index contributed by atoms with van der Waals surface area (Å²) in [4.78, 5) is 21.0. The molecule has 140 valence electrons. The van der Waals surface area contributed by atoms with Gasteiger partial charge in [0.05, 0.1) is 13.0 Å². The Kier molecular flexibility index (Phi) is 9.33. The van der Waals surface area contributed by atoms with E-state index in [4.69, 9.17) is 4.74 Å². The van der Waals surface area contributed by atoms with Crippen molar-refractivity contribution in [3.63, 3.8) is 0 Å². The van der Waals surface area contributed by atoms with Crippen LogP contribution < -0.4 is 5.32 Å². The number of aliphatic imine (C=N–C) groups is 1. The average molecular weight is 452 g/mol. The van der Waals surface area contributed by atoms with Crippen LogP contribution in [0.15, 0.2) is 4.99 Å². The van der Waals surface area contributed by atoms with Crippen molar-refractivity contribution in [3.05, 3.63) is 0 Å². The van der Waals surface area contributed by atoms with E-state index < -0.39 is 0 Å². The van der Waals surface area contributed by atoms with E-state index in [-0.39, 0.29) is 35.9 Å². The lowest BCUT2D eigenvalue weighted by molar-refractivity contribution is -0.145. The van der Waals surface area contributed by atoms with Gasteiger partial charge >= 0.3 is 5.97 Å². The number of nitrogens with zero attached hydrogens (tertiary/aromatic N) is 3. The second kappa shape index (κ2) is 10.4. The number of hydrogen-bond donors (Lipinski definition) is 1. The molecule has 3 unspecified atom stereocenters. The lowest BCUT2D eigenvalue weighted by Gasteiger charge is -2.35. The second-order valence-electron chi connectivity index (χ2n) is 6.72. The van der Waals surface area contributed by atoms with Crippen molar-refractivity contribution in [2.75, 3.05) is 46.9 Å². The van der Waals surface area contributed by atoms with Crippen molar-refractivity contribution in [2.45, 2.75) is 39.2 Å². The maximum atomic E-state index is 11.9. The predicted octanol–water partition coefficient (Wildman–Crippen LogP) is 1.80. The third-order valence-electron chi connectivity index (χ3n) is 5.28. The highest BCUT2D eigenvalue weighted by Crippen LogP contribution is 2.24. The number of methoxy groups -OCH3 is 1. The van der Waals surface area contributed by atoms with Crippen molar-refractivity contribution in [2.24, 2.45) is 16.8 Å². The molecule has 0 saturated carbocycles. The first kappa shape index (κ1) is 21.5. The van der Waals surface area contributed by atoms with E-state index in [9.17, 15) is 4.79 Å². The van der Waals surface area contributed by atoms with Crippen LogP contribution in [0.2, 0.25) is 0 Å². The van der Waals surface area contributed by atoms with E-state index in [0.29, 0.717) is 18.5 Å². The van der Waals surface area contributed by atoms with Crippen molar-refractivity contribution < 1.29 is 9.53 Å². The minimum atomic E-state index is -0.111. The third kappa shape index (κ3) is 5.21. The van der Waals surface area contributed by atoms with E-state index in [1.54, 1.807) is 0 Å². The number of nitrogens with one attached hydrogen (secondary N) is 1. The number of carbonyl (C=O) groups is 1. The molecule has 2 saturated heterocycles. The van der Waals surface area contributed by atoms with E-state index >= 15 is 0 Å².